The summed E-state index contributed by atoms with van der Waals surface area (Å²) in [6, 6.07) is 0. The van der Waals surface area contributed by atoms with Gasteiger partial charge in [0.2, 0.25) is 0 Å². The smallest absolute Gasteiger partial charge is 0.355 e. The fraction of sp³-hybridized carbons (Fsp3) is 0.900. The van der Waals surface area contributed by atoms with Crippen LogP contribution in [0.3, 0.4) is 0 Å². The molecule has 0 amide bonds. The summed E-state index contributed by atoms with van der Waals surface area (Å²) >= 11 is 0. The fourth-order valence-electron chi connectivity index (χ4n) is 4.41. The molecule has 0 aliphatic rings. The average molecular weight is 512 g/mol. The molecule has 211 valence electrons. The Morgan fingerprint density at radius 1 is 0.472 bits per heavy atom. The minimum atomic E-state index is -0.997. The summed E-state index contributed by atoms with van der Waals surface area (Å²) in [5, 5.41) is 10.6. The Labute approximate surface area is 221 Å². The molecule has 2 unspecified atom stereocenters. The zero-order valence-electron chi connectivity index (χ0n) is 23.7. The molecule has 0 saturated heterocycles. The lowest BCUT2D eigenvalue weighted by atomic mass is 9.99. The van der Waals surface area contributed by atoms with Crippen LogP contribution in [0.5, 0.6) is 0 Å². The van der Waals surface area contributed by atoms with Crippen molar-refractivity contribution in [2.45, 2.75) is 174 Å². The second-order valence-electron chi connectivity index (χ2n) is 10.2. The van der Waals surface area contributed by atoms with Gasteiger partial charge in [-0.2, -0.15) is 0 Å². The normalized spacial score (nSPS) is 12.8. The number of hydrogen-bond donors (Lipinski definition) is 0. The van der Waals surface area contributed by atoms with Crippen molar-refractivity contribution in [1.82, 2.24) is 0 Å². The van der Waals surface area contributed by atoms with E-state index in [1.165, 1.54) is 25.7 Å². The summed E-state index contributed by atoms with van der Waals surface area (Å²) in [6.45, 7) is 6.42. The van der Waals surface area contributed by atoms with E-state index in [2.05, 4.69) is 20.8 Å². The first-order valence-electron chi connectivity index (χ1n) is 15.0. The Morgan fingerprint density at radius 2 is 0.806 bits per heavy atom. The molecule has 0 saturated carbocycles. The average Bonchev–Trinajstić information content (AvgIpc) is 2.84. The second-order valence-corrected chi connectivity index (χ2v) is 10.2. The minimum Gasteiger partial charge on any atom is -0.458 e. The maximum atomic E-state index is 12.6. The van der Waals surface area contributed by atoms with Crippen LogP contribution in [0.2, 0.25) is 0 Å². The van der Waals surface area contributed by atoms with Crippen LogP contribution >= 0.6 is 0 Å². The molecule has 0 rings (SSSR count). The van der Waals surface area contributed by atoms with Gasteiger partial charge in [-0.1, -0.05) is 97.8 Å². The van der Waals surface area contributed by atoms with Crippen molar-refractivity contribution in [3.8, 4) is 0 Å². The first-order valence-corrected chi connectivity index (χ1v) is 15.0. The van der Waals surface area contributed by atoms with Crippen LogP contribution in [0.25, 0.3) is 0 Å². The summed E-state index contributed by atoms with van der Waals surface area (Å²) in [6.07, 6.45) is 18.4. The lowest BCUT2D eigenvalue weighted by molar-refractivity contribution is -0.169. The van der Waals surface area contributed by atoms with Crippen LogP contribution in [0.4, 0.5) is 0 Å². The number of unbranched alkanes of at least 4 members (excludes halogenated alkanes) is 13. The predicted octanol–water partition coefficient (Wildman–Crippen LogP) is 8.41. The van der Waals surface area contributed by atoms with Crippen molar-refractivity contribution in [2.24, 2.45) is 0 Å². The van der Waals surface area contributed by atoms with Crippen LogP contribution in [-0.2, 0) is 29.0 Å². The van der Waals surface area contributed by atoms with Crippen molar-refractivity contribution in [3.63, 3.8) is 0 Å². The van der Waals surface area contributed by atoms with Gasteiger partial charge in [0.05, 0.1) is 6.42 Å². The van der Waals surface area contributed by atoms with Crippen LogP contribution in [0.15, 0.2) is 0 Å². The predicted molar refractivity (Wildman–Crippen MR) is 144 cm³/mol. The number of carbonyl (C=O) groups excluding carboxylic acids is 3. The Balaban J connectivity index is 5.03. The number of esters is 2. The molecule has 1 radical (unpaired) electrons. The monoisotopic (exact) mass is 511 g/mol. The summed E-state index contributed by atoms with van der Waals surface area (Å²) in [4.78, 5) is 35.8. The standard InChI is InChI=1S/C30H55O6/c1-4-7-10-11-13-18-21-26(35-29(33)24-16-8-5-2)27(36-30(34)25-17-9-6-3)22-19-14-12-15-20-23-28(31)32/h26-27H,4-25H2,1-3H3. The lowest BCUT2D eigenvalue weighted by Gasteiger charge is -2.27. The maximum Gasteiger partial charge on any atom is 0.355 e. The molecule has 0 aliphatic carbocycles. The zero-order chi connectivity index (χ0) is 26.9. The summed E-state index contributed by atoms with van der Waals surface area (Å²) in [5.41, 5.74) is 0. The molecule has 0 fully saturated rings. The highest BCUT2D eigenvalue weighted by Crippen LogP contribution is 2.22. The van der Waals surface area contributed by atoms with Crippen LogP contribution in [0, 0.1) is 0 Å². The molecule has 0 heterocycles. The number of carbonyl (C=O) groups is 3. The van der Waals surface area contributed by atoms with E-state index < -0.39 is 18.2 Å². The molecule has 6 nitrogen and oxygen atoms in total. The van der Waals surface area contributed by atoms with Crippen LogP contribution in [0.1, 0.15) is 162 Å². The van der Waals surface area contributed by atoms with Gasteiger partial charge in [0, 0.05) is 12.8 Å². The van der Waals surface area contributed by atoms with E-state index in [4.69, 9.17) is 9.47 Å². The summed E-state index contributed by atoms with van der Waals surface area (Å²) in [7, 11) is 0. The molecule has 0 aliphatic heterocycles. The van der Waals surface area contributed by atoms with Crippen molar-refractivity contribution >= 4 is 17.9 Å². The second kappa shape index (κ2) is 25.1. The van der Waals surface area contributed by atoms with E-state index in [9.17, 15) is 19.5 Å². The van der Waals surface area contributed by atoms with E-state index in [0.29, 0.717) is 25.7 Å². The molecule has 6 heteroatoms. The van der Waals surface area contributed by atoms with E-state index in [-0.39, 0.29) is 18.4 Å². The Kier molecular flexibility index (Phi) is 24.0. The number of rotatable bonds is 26. The highest BCUT2D eigenvalue weighted by atomic mass is 16.6. The topological polar surface area (TPSA) is 89.6 Å². The third-order valence-corrected chi connectivity index (χ3v) is 6.66. The molecule has 0 spiro atoms. The van der Waals surface area contributed by atoms with Crippen molar-refractivity contribution < 1.29 is 29.0 Å². The SMILES string of the molecule is CCCCCCCCC(OC(=O)CCCCC)C(CCCCCCCC([O])=O)OC(=O)CCCCC. The van der Waals surface area contributed by atoms with E-state index in [1.807, 2.05) is 0 Å². The van der Waals surface area contributed by atoms with Gasteiger partial charge in [-0.25, -0.2) is 9.90 Å². The summed E-state index contributed by atoms with van der Waals surface area (Å²) < 4.78 is 11.9. The molecule has 0 bridgehead atoms. The third kappa shape index (κ3) is 21.7. The molecule has 2 atom stereocenters. The van der Waals surface area contributed by atoms with Crippen molar-refractivity contribution in [1.29, 1.82) is 0 Å². The highest BCUT2D eigenvalue weighted by Gasteiger charge is 2.28. The van der Waals surface area contributed by atoms with Gasteiger partial charge in [-0.15, -0.1) is 0 Å². The van der Waals surface area contributed by atoms with Crippen molar-refractivity contribution in [3.05, 3.63) is 0 Å². The Morgan fingerprint density at radius 3 is 1.22 bits per heavy atom. The zero-order valence-corrected chi connectivity index (χ0v) is 23.7. The van der Waals surface area contributed by atoms with Crippen LogP contribution in [-0.4, -0.2) is 30.1 Å². The largest absolute Gasteiger partial charge is 0.458 e. The van der Waals surface area contributed by atoms with E-state index >= 15 is 0 Å². The van der Waals surface area contributed by atoms with Crippen molar-refractivity contribution in [2.75, 3.05) is 0 Å². The van der Waals surface area contributed by atoms with E-state index in [0.717, 1.165) is 83.5 Å². The van der Waals surface area contributed by atoms with Gasteiger partial charge >= 0.3 is 17.9 Å². The van der Waals surface area contributed by atoms with Gasteiger partial charge in [-0.3, -0.25) is 9.59 Å². The molecular formula is C30H55O6. The van der Waals surface area contributed by atoms with Gasteiger partial charge in [0.15, 0.2) is 0 Å². The van der Waals surface area contributed by atoms with Gasteiger partial charge in [0.25, 0.3) is 0 Å². The first kappa shape index (κ1) is 34.4. The fourth-order valence-corrected chi connectivity index (χ4v) is 4.41. The van der Waals surface area contributed by atoms with Gasteiger partial charge < -0.3 is 9.47 Å². The molecular weight excluding hydrogens is 456 g/mol. The third-order valence-electron chi connectivity index (χ3n) is 6.66. The Bertz CT molecular complexity index is 548. The van der Waals surface area contributed by atoms with Gasteiger partial charge in [0.1, 0.15) is 12.2 Å². The minimum absolute atomic E-state index is 0.103. The lowest BCUT2D eigenvalue weighted by Crippen LogP contribution is -2.35. The quantitative estimate of drug-likeness (QED) is 0.0858. The highest BCUT2D eigenvalue weighted by molar-refractivity contribution is 5.70. The summed E-state index contributed by atoms with van der Waals surface area (Å²) in [5.74, 6) is -1.38. The number of ether oxygens (including phenoxy) is 2. The van der Waals surface area contributed by atoms with Crippen LogP contribution < -0.4 is 0 Å². The molecule has 0 aromatic carbocycles. The molecule has 0 N–H and O–H groups in total. The molecule has 36 heavy (non-hydrogen) atoms. The Hall–Kier alpha value is -1.59. The number of hydrogen-bond acceptors (Lipinski definition) is 5. The molecule has 0 aromatic rings. The van der Waals surface area contributed by atoms with Gasteiger partial charge in [-0.05, 0) is 44.9 Å². The molecule has 0 aromatic heterocycles. The van der Waals surface area contributed by atoms with E-state index in [1.54, 1.807) is 0 Å². The maximum absolute atomic E-state index is 12.6. The first-order chi connectivity index (χ1) is 17.4.